The summed E-state index contributed by atoms with van der Waals surface area (Å²) in [5.74, 6) is -0.650. The van der Waals surface area contributed by atoms with E-state index in [1.54, 1.807) is 0 Å². The fourth-order valence-electron chi connectivity index (χ4n) is 0.586. The normalized spacial score (nSPS) is 10.8. The van der Waals surface area contributed by atoms with Crippen molar-refractivity contribution in [3.8, 4) is 0 Å². The molecule has 0 fully saturated rings. The molecule has 0 aromatic heterocycles. The standard InChI is InChI=1S/C6H5FO2S.2Na/c7-5-3-1-2-4-6(5)10(8)9;;/h1-4H,(H,8,9);;. The van der Waals surface area contributed by atoms with Crippen molar-refractivity contribution < 1.29 is 13.2 Å². The average Bonchev–Trinajstić information content (AvgIpc) is 1.88. The van der Waals surface area contributed by atoms with Gasteiger partial charge in [-0.05, 0) is 12.1 Å². The molecular formula is C6H5FNa2O2S. The number of rotatable bonds is 1. The fourth-order valence-corrected chi connectivity index (χ4v) is 1.02. The molecule has 0 saturated heterocycles. The van der Waals surface area contributed by atoms with Crippen molar-refractivity contribution in [3.63, 3.8) is 0 Å². The minimum atomic E-state index is -2.22. The molecule has 1 unspecified atom stereocenters. The van der Waals surface area contributed by atoms with Crippen LogP contribution in [0.5, 0.6) is 0 Å². The first-order valence-electron chi connectivity index (χ1n) is 2.57. The van der Waals surface area contributed by atoms with Crippen molar-refractivity contribution in [2.24, 2.45) is 0 Å². The summed E-state index contributed by atoms with van der Waals surface area (Å²) in [4.78, 5) is -0.178. The van der Waals surface area contributed by atoms with Gasteiger partial charge in [0.05, 0.1) is 0 Å². The van der Waals surface area contributed by atoms with Gasteiger partial charge in [0.2, 0.25) is 0 Å². The van der Waals surface area contributed by atoms with Crippen LogP contribution in [0, 0.1) is 5.82 Å². The monoisotopic (exact) mass is 206 g/mol. The Morgan fingerprint density at radius 2 is 1.75 bits per heavy atom. The Kier molecular flexibility index (Phi) is 10.0. The van der Waals surface area contributed by atoms with Crippen LogP contribution in [0.4, 0.5) is 4.39 Å². The van der Waals surface area contributed by atoms with Gasteiger partial charge in [-0.1, -0.05) is 12.1 Å². The predicted molar refractivity (Wildman–Crippen MR) is 46.9 cm³/mol. The molecule has 12 heavy (non-hydrogen) atoms. The zero-order valence-electron chi connectivity index (χ0n) is 6.95. The molecule has 0 aliphatic carbocycles. The molecule has 0 saturated carbocycles. The second-order valence-electron chi connectivity index (χ2n) is 1.68. The van der Waals surface area contributed by atoms with Crippen LogP contribution in [0.2, 0.25) is 0 Å². The van der Waals surface area contributed by atoms with Crippen LogP contribution < -0.4 is 0 Å². The molecule has 0 amide bonds. The van der Waals surface area contributed by atoms with Gasteiger partial charge in [0, 0.05) is 59.1 Å². The van der Waals surface area contributed by atoms with E-state index in [0.29, 0.717) is 0 Å². The van der Waals surface area contributed by atoms with E-state index in [1.165, 1.54) is 18.2 Å². The number of benzene rings is 1. The summed E-state index contributed by atoms with van der Waals surface area (Å²) in [6.45, 7) is 0. The van der Waals surface area contributed by atoms with Crippen molar-refractivity contribution in [2.75, 3.05) is 0 Å². The second-order valence-corrected chi connectivity index (χ2v) is 2.62. The van der Waals surface area contributed by atoms with Crippen molar-refractivity contribution in [1.82, 2.24) is 0 Å². The van der Waals surface area contributed by atoms with Crippen LogP contribution in [0.3, 0.4) is 0 Å². The number of hydrogen-bond donors (Lipinski definition) is 1. The van der Waals surface area contributed by atoms with Crippen molar-refractivity contribution >= 4 is 70.2 Å². The van der Waals surface area contributed by atoms with E-state index in [4.69, 9.17) is 4.55 Å². The molecule has 2 radical (unpaired) electrons. The Morgan fingerprint density at radius 3 is 2.08 bits per heavy atom. The van der Waals surface area contributed by atoms with Crippen molar-refractivity contribution in [3.05, 3.63) is 30.1 Å². The molecule has 0 bridgehead atoms. The zero-order valence-corrected chi connectivity index (χ0v) is 11.8. The zero-order chi connectivity index (χ0) is 7.56. The van der Waals surface area contributed by atoms with Gasteiger partial charge in [-0.25, -0.2) is 8.60 Å². The van der Waals surface area contributed by atoms with E-state index in [-0.39, 0.29) is 64.0 Å². The van der Waals surface area contributed by atoms with E-state index in [0.717, 1.165) is 6.07 Å². The fraction of sp³-hybridized carbons (Fsp3) is 0. The van der Waals surface area contributed by atoms with Gasteiger partial charge in [-0.2, -0.15) is 0 Å². The summed E-state index contributed by atoms with van der Waals surface area (Å²) in [7, 11) is 0. The molecule has 0 aliphatic heterocycles. The van der Waals surface area contributed by atoms with Crippen LogP contribution in [-0.2, 0) is 11.1 Å². The average molecular weight is 206 g/mol. The summed E-state index contributed by atoms with van der Waals surface area (Å²) in [5, 5.41) is 0. The molecule has 0 heterocycles. The molecule has 1 aromatic carbocycles. The van der Waals surface area contributed by atoms with Gasteiger partial charge < -0.3 is 4.55 Å². The quantitative estimate of drug-likeness (QED) is 0.541. The Labute approximate surface area is 117 Å². The summed E-state index contributed by atoms with van der Waals surface area (Å²) < 4.78 is 31.2. The summed E-state index contributed by atoms with van der Waals surface area (Å²) >= 11 is -2.22. The first-order valence-corrected chi connectivity index (χ1v) is 3.68. The van der Waals surface area contributed by atoms with Gasteiger partial charge in [0.15, 0.2) is 11.1 Å². The van der Waals surface area contributed by atoms with Crippen LogP contribution in [0.25, 0.3) is 0 Å². The van der Waals surface area contributed by atoms with Crippen molar-refractivity contribution in [1.29, 1.82) is 0 Å². The molecule has 2 nitrogen and oxygen atoms in total. The minimum absolute atomic E-state index is 0. The van der Waals surface area contributed by atoms with E-state index in [1.807, 2.05) is 0 Å². The van der Waals surface area contributed by atoms with E-state index in [9.17, 15) is 8.60 Å². The maximum absolute atomic E-state index is 12.5. The number of halogens is 1. The van der Waals surface area contributed by atoms with Gasteiger partial charge in [-0.3, -0.25) is 0 Å². The topological polar surface area (TPSA) is 37.3 Å². The van der Waals surface area contributed by atoms with E-state index < -0.39 is 16.9 Å². The molecule has 6 heteroatoms. The second kappa shape index (κ2) is 7.64. The molecule has 56 valence electrons. The summed E-state index contributed by atoms with van der Waals surface area (Å²) in [6, 6.07) is 5.38. The molecular weight excluding hydrogens is 201 g/mol. The third-order valence-corrected chi connectivity index (χ3v) is 1.73. The molecule has 1 N–H and O–H groups in total. The summed E-state index contributed by atoms with van der Waals surface area (Å²) in [5.41, 5.74) is 0. The largest absolute Gasteiger partial charge is 0.302 e. The third-order valence-electron chi connectivity index (χ3n) is 1.02. The Morgan fingerprint density at radius 1 is 1.25 bits per heavy atom. The van der Waals surface area contributed by atoms with Crippen LogP contribution in [0.1, 0.15) is 0 Å². The molecule has 0 aliphatic rings. The van der Waals surface area contributed by atoms with Crippen LogP contribution in [-0.4, -0.2) is 67.9 Å². The van der Waals surface area contributed by atoms with Gasteiger partial charge in [0.1, 0.15) is 10.7 Å². The molecule has 1 aromatic rings. The van der Waals surface area contributed by atoms with E-state index in [2.05, 4.69) is 0 Å². The van der Waals surface area contributed by atoms with Gasteiger partial charge in [-0.15, -0.1) is 0 Å². The number of hydrogen-bond acceptors (Lipinski definition) is 1. The Hall–Kier alpha value is 1.26. The SMILES string of the molecule is O=S(O)c1ccccc1F.[Na].[Na]. The van der Waals surface area contributed by atoms with Crippen LogP contribution in [0.15, 0.2) is 29.2 Å². The molecule has 1 rings (SSSR count). The van der Waals surface area contributed by atoms with Crippen LogP contribution >= 0.6 is 0 Å². The minimum Gasteiger partial charge on any atom is -0.302 e. The summed E-state index contributed by atoms with van der Waals surface area (Å²) in [6.07, 6.45) is 0. The first-order chi connectivity index (χ1) is 4.72. The van der Waals surface area contributed by atoms with E-state index >= 15 is 0 Å². The maximum atomic E-state index is 12.5. The Balaban J connectivity index is 0. The molecule has 0 spiro atoms. The van der Waals surface area contributed by atoms with Gasteiger partial charge in [0.25, 0.3) is 0 Å². The smallest absolute Gasteiger partial charge is 0.189 e. The maximum Gasteiger partial charge on any atom is 0.189 e. The third kappa shape index (κ3) is 4.48. The van der Waals surface area contributed by atoms with Crippen molar-refractivity contribution in [2.45, 2.75) is 4.90 Å². The predicted octanol–water partition coefficient (Wildman–Crippen LogP) is 0.645. The Bertz CT molecular complexity index is 269. The molecule has 1 atom stereocenters. The van der Waals surface area contributed by atoms with Gasteiger partial charge >= 0.3 is 0 Å². The first kappa shape index (κ1) is 15.7.